The minimum absolute atomic E-state index is 0.192. The fourth-order valence-electron chi connectivity index (χ4n) is 3.54. The molecule has 0 bridgehead atoms. The second-order valence-electron chi connectivity index (χ2n) is 6.42. The van der Waals surface area contributed by atoms with Gasteiger partial charge in [-0.3, -0.25) is 10.1 Å². The summed E-state index contributed by atoms with van der Waals surface area (Å²) >= 11 is 6.03. The van der Waals surface area contributed by atoms with E-state index in [-0.39, 0.29) is 11.5 Å². The molecule has 4 aromatic rings. The van der Waals surface area contributed by atoms with E-state index >= 15 is 0 Å². The van der Waals surface area contributed by atoms with Crippen molar-refractivity contribution >= 4 is 17.1 Å². The second kappa shape index (κ2) is 7.25. The van der Waals surface area contributed by atoms with Gasteiger partial charge in [0.15, 0.2) is 0 Å². The van der Waals surface area contributed by atoms with Gasteiger partial charge in [-0.05, 0) is 41.5 Å². The average molecular weight is 377 g/mol. The number of aromatic nitrogens is 1. The van der Waals surface area contributed by atoms with Crippen LogP contribution in [0.1, 0.15) is 17.2 Å². The van der Waals surface area contributed by atoms with Crippen LogP contribution in [0.4, 0.5) is 0 Å². The van der Waals surface area contributed by atoms with Gasteiger partial charge < -0.3 is 4.40 Å². The molecule has 0 aliphatic heterocycles. The highest BCUT2D eigenvalue weighted by Gasteiger charge is 2.27. The molecular weight excluding hydrogens is 360 g/mol. The first-order chi connectivity index (χ1) is 13.1. The van der Waals surface area contributed by atoms with Gasteiger partial charge in [0.2, 0.25) is 6.54 Å². The molecule has 2 aromatic heterocycles. The third kappa shape index (κ3) is 3.44. The summed E-state index contributed by atoms with van der Waals surface area (Å²) in [6, 6.07) is 25.3. The smallest absolute Gasteiger partial charge is 0.216 e. The Labute approximate surface area is 161 Å². The van der Waals surface area contributed by atoms with Crippen LogP contribution in [0.15, 0.2) is 85.1 Å². The number of halogens is 1. The van der Waals surface area contributed by atoms with Crippen LogP contribution in [0, 0.1) is 10.1 Å². The van der Waals surface area contributed by atoms with Crippen molar-refractivity contribution < 1.29 is 4.92 Å². The summed E-state index contributed by atoms with van der Waals surface area (Å²) in [5.74, 6) is -0.391. The van der Waals surface area contributed by atoms with Gasteiger partial charge in [-0.2, -0.15) is 0 Å². The Morgan fingerprint density at radius 3 is 2.37 bits per heavy atom. The molecule has 2 heterocycles. The Morgan fingerprint density at radius 2 is 1.67 bits per heavy atom. The molecule has 0 aliphatic rings. The van der Waals surface area contributed by atoms with Crippen molar-refractivity contribution in [1.29, 1.82) is 0 Å². The number of benzene rings is 2. The lowest BCUT2D eigenvalue weighted by atomic mass is 9.91. The lowest BCUT2D eigenvalue weighted by molar-refractivity contribution is -0.481. The van der Waals surface area contributed by atoms with Crippen molar-refractivity contribution in [3.63, 3.8) is 0 Å². The van der Waals surface area contributed by atoms with Crippen LogP contribution < -0.4 is 0 Å². The molecule has 134 valence electrons. The van der Waals surface area contributed by atoms with E-state index in [1.165, 1.54) is 0 Å². The molecule has 0 saturated carbocycles. The number of nitro groups is 1. The highest BCUT2D eigenvalue weighted by Crippen LogP contribution is 2.36. The Bertz CT molecular complexity index is 1090. The Kier molecular flexibility index (Phi) is 4.65. The monoisotopic (exact) mass is 376 g/mol. The van der Waals surface area contributed by atoms with E-state index in [0.29, 0.717) is 5.02 Å². The number of pyridine rings is 1. The molecule has 0 spiro atoms. The summed E-state index contributed by atoms with van der Waals surface area (Å²) < 4.78 is 2.05. The highest BCUT2D eigenvalue weighted by molar-refractivity contribution is 6.30. The summed E-state index contributed by atoms with van der Waals surface area (Å²) in [4.78, 5) is 11.2. The molecule has 0 radical (unpaired) electrons. The molecular formula is C22H17ClN2O2. The predicted molar refractivity (Wildman–Crippen MR) is 108 cm³/mol. The lowest BCUT2D eigenvalue weighted by Gasteiger charge is -2.17. The maximum atomic E-state index is 11.5. The van der Waals surface area contributed by atoms with E-state index in [1.54, 1.807) is 12.1 Å². The fraction of sp³-hybridized carbons (Fsp3) is 0.0909. The molecule has 0 fully saturated rings. The van der Waals surface area contributed by atoms with Gasteiger partial charge in [0.05, 0.1) is 5.92 Å². The van der Waals surface area contributed by atoms with Crippen LogP contribution in [-0.2, 0) is 0 Å². The average Bonchev–Trinajstić information content (AvgIpc) is 3.07. The summed E-state index contributed by atoms with van der Waals surface area (Å²) in [5.41, 5.74) is 4.84. The quantitative estimate of drug-likeness (QED) is 0.333. The minimum Gasteiger partial charge on any atom is -0.319 e. The summed E-state index contributed by atoms with van der Waals surface area (Å²) in [5, 5.41) is 12.1. The van der Waals surface area contributed by atoms with E-state index in [1.807, 2.05) is 71.3 Å². The van der Waals surface area contributed by atoms with Crippen LogP contribution >= 0.6 is 11.6 Å². The molecule has 0 N–H and O–H groups in total. The molecule has 0 amide bonds. The third-order valence-corrected chi connectivity index (χ3v) is 4.99. The van der Waals surface area contributed by atoms with E-state index in [4.69, 9.17) is 11.6 Å². The largest absolute Gasteiger partial charge is 0.319 e. The zero-order valence-corrected chi connectivity index (χ0v) is 15.2. The van der Waals surface area contributed by atoms with E-state index in [9.17, 15) is 10.1 Å². The van der Waals surface area contributed by atoms with Crippen LogP contribution in [0.25, 0.3) is 16.6 Å². The van der Waals surface area contributed by atoms with E-state index in [0.717, 1.165) is 27.9 Å². The van der Waals surface area contributed by atoms with Gasteiger partial charge >= 0.3 is 0 Å². The van der Waals surface area contributed by atoms with Crippen molar-refractivity contribution in [3.8, 4) is 11.1 Å². The Morgan fingerprint density at radius 1 is 0.963 bits per heavy atom. The van der Waals surface area contributed by atoms with Crippen LogP contribution in [0.2, 0.25) is 5.02 Å². The second-order valence-corrected chi connectivity index (χ2v) is 6.86. The summed E-state index contributed by atoms with van der Waals surface area (Å²) in [6.45, 7) is -0.192. The molecule has 2 aromatic carbocycles. The third-order valence-electron chi connectivity index (χ3n) is 4.74. The van der Waals surface area contributed by atoms with Crippen molar-refractivity contribution in [1.82, 2.24) is 4.40 Å². The lowest BCUT2D eigenvalue weighted by Crippen LogP contribution is -2.16. The van der Waals surface area contributed by atoms with Crippen molar-refractivity contribution in [3.05, 3.63) is 111 Å². The summed E-state index contributed by atoms with van der Waals surface area (Å²) in [6.07, 6.45) is 1.96. The van der Waals surface area contributed by atoms with E-state index in [2.05, 4.69) is 6.07 Å². The summed E-state index contributed by atoms with van der Waals surface area (Å²) in [7, 11) is 0. The number of fused-ring (bicyclic) bond motifs is 1. The minimum atomic E-state index is -0.391. The molecule has 1 atom stereocenters. The van der Waals surface area contributed by atoms with Gasteiger partial charge in [-0.1, -0.05) is 60.1 Å². The number of nitrogens with zero attached hydrogens (tertiary/aromatic N) is 2. The topological polar surface area (TPSA) is 47.5 Å². The zero-order chi connectivity index (χ0) is 18.8. The maximum absolute atomic E-state index is 11.5. The molecule has 0 aliphatic carbocycles. The predicted octanol–water partition coefficient (Wildman–Crippen LogP) is 5.67. The van der Waals surface area contributed by atoms with Gasteiger partial charge in [0, 0.05) is 32.9 Å². The normalized spacial score (nSPS) is 12.2. The molecule has 0 saturated heterocycles. The van der Waals surface area contributed by atoms with Crippen molar-refractivity contribution in [2.24, 2.45) is 0 Å². The van der Waals surface area contributed by atoms with Crippen LogP contribution in [-0.4, -0.2) is 15.9 Å². The van der Waals surface area contributed by atoms with Gasteiger partial charge in [0.1, 0.15) is 0 Å². The first kappa shape index (κ1) is 17.3. The molecule has 1 unspecified atom stereocenters. The number of hydrogen-bond donors (Lipinski definition) is 0. The van der Waals surface area contributed by atoms with Crippen LogP contribution in [0.5, 0.6) is 0 Å². The number of rotatable bonds is 5. The zero-order valence-electron chi connectivity index (χ0n) is 14.5. The maximum Gasteiger partial charge on any atom is 0.216 e. The Balaban J connectivity index is 1.98. The van der Waals surface area contributed by atoms with Gasteiger partial charge in [-0.15, -0.1) is 0 Å². The number of hydrogen-bond acceptors (Lipinski definition) is 2. The molecule has 4 nitrogen and oxygen atoms in total. The van der Waals surface area contributed by atoms with E-state index < -0.39 is 5.92 Å². The first-order valence-corrected chi connectivity index (χ1v) is 9.04. The Hall–Kier alpha value is -3.11. The standard InChI is InChI=1S/C22H17ClN2O2/c23-18-11-9-17(10-12-18)21(15-25(26)27)22-20(16-6-2-1-3-7-16)14-19-8-4-5-13-24(19)22/h1-14,21H,15H2. The highest BCUT2D eigenvalue weighted by atomic mass is 35.5. The van der Waals surface area contributed by atoms with Crippen LogP contribution in [0.3, 0.4) is 0 Å². The first-order valence-electron chi connectivity index (χ1n) is 8.66. The van der Waals surface area contributed by atoms with Crippen molar-refractivity contribution in [2.75, 3.05) is 6.54 Å². The van der Waals surface area contributed by atoms with Gasteiger partial charge in [0.25, 0.3) is 0 Å². The SMILES string of the molecule is O=[N+]([O-])CC(c1ccc(Cl)cc1)c1c(-c2ccccc2)cc2ccccn12. The van der Waals surface area contributed by atoms with Gasteiger partial charge in [-0.25, -0.2) is 0 Å². The fourth-order valence-corrected chi connectivity index (χ4v) is 3.67. The van der Waals surface area contributed by atoms with Crippen molar-refractivity contribution in [2.45, 2.75) is 5.92 Å². The molecule has 5 heteroatoms. The molecule has 27 heavy (non-hydrogen) atoms. The molecule has 4 rings (SSSR count).